The number of fused-ring (bicyclic) bond motifs is 2. The lowest BCUT2D eigenvalue weighted by Gasteiger charge is -2.30. The van der Waals surface area contributed by atoms with Crippen LogP contribution in [-0.4, -0.2) is 13.2 Å². The second kappa shape index (κ2) is 4.25. The summed E-state index contributed by atoms with van der Waals surface area (Å²) in [5.41, 5.74) is 1.23. The number of anilines is 1. The van der Waals surface area contributed by atoms with Gasteiger partial charge in [-0.15, -0.1) is 0 Å². The fourth-order valence-electron chi connectivity index (χ4n) is 3.71. The van der Waals surface area contributed by atoms with E-state index in [1.54, 1.807) is 7.11 Å². The summed E-state index contributed by atoms with van der Waals surface area (Å²) in [6, 6.07) is 8.98. The Balaban J connectivity index is 1.70. The van der Waals surface area contributed by atoms with Crippen LogP contribution in [0.5, 0.6) is 5.75 Å². The maximum atomic E-state index is 5.18. The summed E-state index contributed by atoms with van der Waals surface area (Å²) >= 11 is 0. The van der Waals surface area contributed by atoms with Gasteiger partial charge in [0.05, 0.1) is 7.11 Å². The Morgan fingerprint density at radius 2 is 1.82 bits per heavy atom. The molecule has 1 N–H and O–H groups in total. The first kappa shape index (κ1) is 10.9. The van der Waals surface area contributed by atoms with Crippen molar-refractivity contribution in [3.63, 3.8) is 0 Å². The van der Waals surface area contributed by atoms with Gasteiger partial charge in [-0.05, 0) is 61.3 Å². The van der Waals surface area contributed by atoms with E-state index in [-0.39, 0.29) is 0 Å². The Hall–Kier alpha value is -1.18. The Morgan fingerprint density at radius 3 is 2.41 bits per heavy atom. The predicted molar refractivity (Wildman–Crippen MR) is 70.4 cm³/mol. The molecule has 0 heterocycles. The highest BCUT2D eigenvalue weighted by atomic mass is 16.5. The summed E-state index contributed by atoms with van der Waals surface area (Å²) in [5, 5.41) is 3.72. The fourth-order valence-corrected chi connectivity index (χ4v) is 3.71. The van der Waals surface area contributed by atoms with Gasteiger partial charge < -0.3 is 10.1 Å². The first-order valence-corrected chi connectivity index (χ1v) is 6.68. The molecule has 4 atom stereocenters. The van der Waals surface area contributed by atoms with E-state index in [2.05, 4.69) is 24.4 Å². The van der Waals surface area contributed by atoms with Gasteiger partial charge in [0, 0.05) is 11.7 Å². The van der Waals surface area contributed by atoms with Crippen molar-refractivity contribution in [1.82, 2.24) is 0 Å². The Kier molecular flexibility index (Phi) is 2.73. The SMILES string of the molecule is COc1ccc(N[C@H]2C3CCC(C3)[C@H]2C)cc1. The molecule has 3 rings (SSSR count). The molecule has 0 aliphatic heterocycles. The summed E-state index contributed by atoms with van der Waals surface area (Å²) in [6.45, 7) is 2.41. The maximum absolute atomic E-state index is 5.18. The molecule has 2 saturated carbocycles. The van der Waals surface area contributed by atoms with Crippen molar-refractivity contribution in [3.8, 4) is 5.75 Å². The van der Waals surface area contributed by atoms with Crippen LogP contribution in [0.25, 0.3) is 0 Å². The quantitative estimate of drug-likeness (QED) is 0.859. The molecule has 1 aromatic rings. The van der Waals surface area contributed by atoms with Gasteiger partial charge in [0.1, 0.15) is 5.75 Å². The average Bonchev–Trinajstić information content (AvgIpc) is 2.94. The molecule has 0 radical (unpaired) electrons. The zero-order chi connectivity index (χ0) is 11.8. The molecule has 2 fully saturated rings. The number of nitrogens with one attached hydrogen (secondary N) is 1. The van der Waals surface area contributed by atoms with E-state index in [9.17, 15) is 0 Å². The van der Waals surface area contributed by atoms with Gasteiger partial charge in [-0.25, -0.2) is 0 Å². The molecule has 2 heteroatoms. The maximum Gasteiger partial charge on any atom is 0.119 e. The van der Waals surface area contributed by atoms with Gasteiger partial charge in [0.2, 0.25) is 0 Å². The van der Waals surface area contributed by atoms with Crippen LogP contribution in [0.2, 0.25) is 0 Å². The highest BCUT2D eigenvalue weighted by Crippen LogP contribution is 2.49. The highest BCUT2D eigenvalue weighted by Gasteiger charge is 2.44. The van der Waals surface area contributed by atoms with E-state index >= 15 is 0 Å². The molecule has 2 bridgehead atoms. The van der Waals surface area contributed by atoms with Crippen LogP contribution in [-0.2, 0) is 0 Å². The van der Waals surface area contributed by atoms with Gasteiger partial charge in [-0.1, -0.05) is 6.92 Å². The Bertz CT molecular complexity index is 384. The number of hydrogen-bond acceptors (Lipinski definition) is 2. The standard InChI is InChI=1S/C15H21NO/c1-10-11-3-4-12(9-11)15(10)16-13-5-7-14(17-2)8-6-13/h5-8,10-12,15-16H,3-4,9H2,1-2H3/t10-,11?,12?,15-/m1/s1. The minimum Gasteiger partial charge on any atom is -0.497 e. The van der Waals surface area contributed by atoms with Crippen molar-refractivity contribution >= 4 is 5.69 Å². The minimum absolute atomic E-state index is 0.683. The van der Waals surface area contributed by atoms with Gasteiger partial charge in [-0.2, -0.15) is 0 Å². The van der Waals surface area contributed by atoms with Crippen LogP contribution < -0.4 is 10.1 Å². The average molecular weight is 231 g/mol. The summed E-state index contributed by atoms with van der Waals surface area (Å²) in [6.07, 6.45) is 4.31. The van der Waals surface area contributed by atoms with Gasteiger partial charge in [0.15, 0.2) is 0 Å². The molecule has 2 aliphatic carbocycles. The molecule has 2 nitrogen and oxygen atoms in total. The smallest absolute Gasteiger partial charge is 0.119 e. The second-order valence-corrected chi connectivity index (χ2v) is 5.59. The molecule has 0 spiro atoms. The molecule has 92 valence electrons. The van der Waals surface area contributed by atoms with Gasteiger partial charge in [0.25, 0.3) is 0 Å². The fraction of sp³-hybridized carbons (Fsp3) is 0.600. The monoisotopic (exact) mass is 231 g/mol. The number of benzene rings is 1. The molecule has 0 aromatic heterocycles. The summed E-state index contributed by atoms with van der Waals surface area (Å²) in [7, 11) is 1.71. The summed E-state index contributed by atoms with van der Waals surface area (Å²) in [4.78, 5) is 0. The lowest BCUT2D eigenvalue weighted by molar-refractivity contribution is 0.328. The van der Waals surface area contributed by atoms with Crippen molar-refractivity contribution in [2.45, 2.75) is 32.2 Å². The minimum atomic E-state index is 0.683. The summed E-state index contributed by atoms with van der Waals surface area (Å²) in [5.74, 6) is 3.63. The van der Waals surface area contributed by atoms with Gasteiger partial charge in [-0.3, -0.25) is 0 Å². The van der Waals surface area contributed by atoms with Crippen LogP contribution in [0.3, 0.4) is 0 Å². The molecular weight excluding hydrogens is 210 g/mol. The second-order valence-electron chi connectivity index (χ2n) is 5.59. The third kappa shape index (κ3) is 1.90. The van der Waals surface area contributed by atoms with Crippen molar-refractivity contribution < 1.29 is 4.74 Å². The third-order valence-electron chi connectivity index (χ3n) is 4.75. The lowest BCUT2D eigenvalue weighted by Crippen LogP contribution is -2.32. The van der Waals surface area contributed by atoms with E-state index in [1.807, 2.05) is 12.1 Å². The molecule has 0 saturated heterocycles. The van der Waals surface area contributed by atoms with Crippen molar-refractivity contribution in [2.24, 2.45) is 17.8 Å². The van der Waals surface area contributed by atoms with E-state index < -0.39 is 0 Å². The molecule has 0 amide bonds. The zero-order valence-corrected chi connectivity index (χ0v) is 10.6. The van der Waals surface area contributed by atoms with Crippen molar-refractivity contribution in [2.75, 3.05) is 12.4 Å². The number of ether oxygens (including phenoxy) is 1. The molecule has 2 aliphatic rings. The molecule has 2 unspecified atom stereocenters. The number of methoxy groups -OCH3 is 1. The molecule has 1 aromatic carbocycles. The van der Waals surface area contributed by atoms with Crippen LogP contribution in [0, 0.1) is 17.8 Å². The molecular formula is C15H21NO. The van der Waals surface area contributed by atoms with E-state index in [0.29, 0.717) is 6.04 Å². The van der Waals surface area contributed by atoms with Crippen LogP contribution >= 0.6 is 0 Å². The first-order chi connectivity index (χ1) is 8.28. The predicted octanol–water partition coefficient (Wildman–Crippen LogP) is 3.54. The Morgan fingerprint density at radius 1 is 1.12 bits per heavy atom. The third-order valence-corrected chi connectivity index (χ3v) is 4.75. The largest absolute Gasteiger partial charge is 0.497 e. The number of hydrogen-bond donors (Lipinski definition) is 1. The van der Waals surface area contributed by atoms with E-state index in [0.717, 1.165) is 23.5 Å². The van der Waals surface area contributed by atoms with E-state index in [4.69, 9.17) is 4.74 Å². The first-order valence-electron chi connectivity index (χ1n) is 6.68. The lowest BCUT2D eigenvalue weighted by atomic mass is 9.86. The molecule has 17 heavy (non-hydrogen) atoms. The number of rotatable bonds is 3. The summed E-state index contributed by atoms with van der Waals surface area (Å²) < 4.78 is 5.18. The van der Waals surface area contributed by atoms with Crippen LogP contribution in [0.1, 0.15) is 26.2 Å². The van der Waals surface area contributed by atoms with Crippen LogP contribution in [0.15, 0.2) is 24.3 Å². The van der Waals surface area contributed by atoms with Gasteiger partial charge >= 0.3 is 0 Å². The Labute approximate surface area is 103 Å². The topological polar surface area (TPSA) is 21.3 Å². The van der Waals surface area contributed by atoms with Crippen molar-refractivity contribution in [1.29, 1.82) is 0 Å². The van der Waals surface area contributed by atoms with Crippen molar-refractivity contribution in [3.05, 3.63) is 24.3 Å². The highest BCUT2D eigenvalue weighted by molar-refractivity contribution is 5.47. The zero-order valence-electron chi connectivity index (χ0n) is 10.6. The van der Waals surface area contributed by atoms with E-state index in [1.165, 1.54) is 24.9 Å². The normalized spacial score (nSPS) is 34.9. The van der Waals surface area contributed by atoms with Crippen LogP contribution in [0.4, 0.5) is 5.69 Å².